The van der Waals surface area contributed by atoms with E-state index in [-0.39, 0.29) is 12.7 Å². The van der Waals surface area contributed by atoms with Gasteiger partial charge in [0.2, 0.25) is 12.7 Å². The van der Waals surface area contributed by atoms with E-state index in [4.69, 9.17) is 14.2 Å². The van der Waals surface area contributed by atoms with Crippen LogP contribution in [0.5, 0.6) is 17.2 Å². The molecule has 3 aliphatic heterocycles. The minimum atomic E-state index is 0.233. The van der Waals surface area contributed by atoms with Crippen LogP contribution in [0, 0.1) is 0 Å². The molecule has 0 atom stereocenters. The maximum Gasteiger partial charge on any atom is 0.231 e. The van der Waals surface area contributed by atoms with Crippen molar-refractivity contribution in [2.45, 2.75) is 25.8 Å². The number of aryl methyl sites for hydroxylation is 1. The van der Waals surface area contributed by atoms with E-state index in [9.17, 15) is 4.79 Å². The molecule has 1 fully saturated rings. The summed E-state index contributed by atoms with van der Waals surface area (Å²) in [6, 6.07) is 12.4. The summed E-state index contributed by atoms with van der Waals surface area (Å²) >= 11 is 0. The first-order valence-electron chi connectivity index (χ1n) is 10.4. The summed E-state index contributed by atoms with van der Waals surface area (Å²) in [6.07, 6.45) is 2.27. The molecule has 0 spiro atoms. The Balaban J connectivity index is 1.09. The monoisotopic (exact) mass is 394 g/mol. The fourth-order valence-electron chi connectivity index (χ4n) is 4.26. The number of carbonyl (C=O) groups excluding carboxylic acids is 1. The summed E-state index contributed by atoms with van der Waals surface area (Å²) in [5.41, 5.74) is 3.76. The molecule has 6 heteroatoms. The Morgan fingerprint density at radius 1 is 0.862 bits per heavy atom. The Morgan fingerprint density at radius 2 is 1.66 bits per heavy atom. The van der Waals surface area contributed by atoms with E-state index in [0.29, 0.717) is 6.42 Å². The second-order valence-corrected chi connectivity index (χ2v) is 7.89. The molecule has 3 aliphatic rings. The smallest absolute Gasteiger partial charge is 0.231 e. The number of fused-ring (bicyclic) bond motifs is 2. The van der Waals surface area contributed by atoms with Gasteiger partial charge in [-0.05, 0) is 41.3 Å². The lowest BCUT2D eigenvalue weighted by Crippen LogP contribution is -2.48. The summed E-state index contributed by atoms with van der Waals surface area (Å²) in [7, 11) is 0. The summed E-state index contributed by atoms with van der Waals surface area (Å²) in [5, 5.41) is 0. The molecule has 0 aromatic heterocycles. The predicted octanol–water partition coefficient (Wildman–Crippen LogP) is 2.63. The molecule has 1 saturated heterocycles. The molecule has 0 unspecified atom stereocenters. The molecule has 0 bridgehead atoms. The van der Waals surface area contributed by atoms with Crippen molar-refractivity contribution >= 4 is 5.91 Å². The van der Waals surface area contributed by atoms with Gasteiger partial charge in [-0.3, -0.25) is 9.69 Å². The maximum absolute atomic E-state index is 12.6. The molecule has 152 valence electrons. The molecular weight excluding hydrogens is 368 g/mol. The molecular formula is C23H26N2O4. The summed E-state index contributed by atoms with van der Waals surface area (Å²) in [5.74, 6) is 2.83. The van der Waals surface area contributed by atoms with E-state index >= 15 is 0 Å². The Morgan fingerprint density at radius 3 is 2.55 bits per heavy atom. The largest absolute Gasteiger partial charge is 0.493 e. The lowest BCUT2D eigenvalue weighted by Gasteiger charge is -2.35. The van der Waals surface area contributed by atoms with Crippen molar-refractivity contribution in [3.63, 3.8) is 0 Å². The lowest BCUT2D eigenvalue weighted by molar-refractivity contribution is -0.133. The van der Waals surface area contributed by atoms with Crippen LogP contribution in [-0.4, -0.2) is 55.3 Å². The van der Waals surface area contributed by atoms with Gasteiger partial charge >= 0.3 is 0 Å². The molecule has 2 aromatic carbocycles. The molecule has 0 N–H and O–H groups in total. The average molecular weight is 394 g/mol. The van der Waals surface area contributed by atoms with Gasteiger partial charge in [0, 0.05) is 45.6 Å². The third-order valence-electron chi connectivity index (χ3n) is 5.95. The third-order valence-corrected chi connectivity index (χ3v) is 5.95. The molecule has 2 aromatic rings. The fourth-order valence-corrected chi connectivity index (χ4v) is 4.26. The van der Waals surface area contributed by atoms with Gasteiger partial charge in [0.15, 0.2) is 11.5 Å². The van der Waals surface area contributed by atoms with Crippen LogP contribution in [0.1, 0.15) is 23.1 Å². The van der Waals surface area contributed by atoms with Crippen molar-refractivity contribution in [1.82, 2.24) is 9.80 Å². The van der Waals surface area contributed by atoms with Gasteiger partial charge in [0.05, 0.1) is 6.61 Å². The van der Waals surface area contributed by atoms with Crippen LogP contribution < -0.4 is 14.2 Å². The SMILES string of the molecule is O=C(CCc1ccc2c(c1)OCO2)N1CCN(Cc2ccc3c(c2)CCO3)CC1. The first kappa shape index (κ1) is 18.3. The standard InChI is InChI=1S/C23H26N2O4/c26-23(6-3-17-1-5-21-22(14-17)29-16-28-21)25-10-8-24(9-11-25)15-18-2-4-20-19(13-18)7-12-27-20/h1-2,4-5,13-14H,3,6-12,15-16H2. The minimum Gasteiger partial charge on any atom is -0.493 e. The molecule has 3 heterocycles. The highest BCUT2D eigenvalue weighted by Gasteiger charge is 2.22. The zero-order chi connectivity index (χ0) is 19.6. The number of hydrogen-bond acceptors (Lipinski definition) is 5. The Kier molecular flexibility index (Phi) is 5.02. The van der Waals surface area contributed by atoms with Gasteiger partial charge in [-0.2, -0.15) is 0 Å². The van der Waals surface area contributed by atoms with Crippen molar-refractivity contribution in [2.75, 3.05) is 39.6 Å². The van der Waals surface area contributed by atoms with Crippen molar-refractivity contribution < 1.29 is 19.0 Å². The zero-order valence-corrected chi connectivity index (χ0v) is 16.6. The highest BCUT2D eigenvalue weighted by Crippen LogP contribution is 2.33. The third kappa shape index (κ3) is 4.03. The second kappa shape index (κ2) is 7.95. The second-order valence-electron chi connectivity index (χ2n) is 7.89. The average Bonchev–Trinajstić information content (AvgIpc) is 3.41. The van der Waals surface area contributed by atoms with Crippen LogP contribution >= 0.6 is 0 Å². The first-order valence-corrected chi connectivity index (χ1v) is 10.4. The number of piperazine rings is 1. The number of hydrogen-bond donors (Lipinski definition) is 0. The zero-order valence-electron chi connectivity index (χ0n) is 16.6. The lowest BCUT2D eigenvalue weighted by atomic mass is 10.1. The molecule has 5 rings (SSSR count). The Bertz CT molecular complexity index is 906. The number of ether oxygens (including phenoxy) is 3. The maximum atomic E-state index is 12.6. The minimum absolute atomic E-state index is 0.233. The number of benzene rings is 2. The van der Waals surface area contributed by atoms with Gasteiger partial charge < -0.3 is 19.1 Å². The number of rotatable bonds is 5. The van der Waals surface area contributed by atoms with E-state index in [1.807, 2.05) is 23.1 Å². The van der Waals surface area contributed by atoms with Crippen molar-refractivity contribution in [3.05, 3.63) is 53.1 Å². The van der Waals surface area contributed by atoms with Gasteiger partial charge in [0.25, 0.3) is 0 Å². The van der Waals surface area contributed by atoms with E-state index in [0.717, 1.165) is 75.0 Å². The molecule has 0 saturated carbocycles. The van der Waals surface area contributed by atoms with E-state index in [1.165, 1.54) is 11.1 Å². The molecule has 6 nitrogen and oxygen atoms in total. The highest BCUT2D eigenvalue weighted by molar-refractivity contribution is 5.76. The van der Waals surface area contributed by atoms with Gasteiger partial charge in [-0.25, -0.2) is 0 Å². The fraction of sp³-hybridized carbons (Fsp3) is 0.435. The summed E-state index contributed by atoms with van der Waals surface area (Å²) in [4.78, 5) is 17.1. The summed E-state index contributed by atoms with van der Waals surface area (Å²) < 4.78 is 16.3. The van der Waals surface area contributed by atoms with Crippen molar-refractivity contribution in [3.8, 4) is 17.2 Å². The van der Waals surface area contributed by atoms with E-state index in [2.05, 4.69) is 23.1 Å². The van der Waals surface area contributed by atoms with Gasteiger partial charge in [-0.15, -0.1) is 0 Å². The first-order chi connectivity index (χ1) is 14.2. The van der Waals surface area contributed by atoms with E-state index < -0.39 is 0 Å². The number of nitrogens with zero attached hydrogens (tertiary/aromatic N) is 2. The molecule has 0 aliphatic carbocycles. The van der Waals surface area contributed by atoms with Crippen molar-refractivity contribution in [1.29, 1.82) is 0 Å². The van der Waals surface area contributed by atoms with Crippen LogP contribution in [0.15, 0.2) is 36.4 Å². The highest BCUT2D eigenvalue weighted by atomic mass is 16.7. The number of carbonyl (C=O) groups is 1. The predicted molar refractivity (Wildman–Crippen MR) is 108 cm³/mol. The topological polar surface area (TPSA) is 51.2 Å². The molecule has 0 radical (unpaired) electrons. The van der Waals surface area contributed by atoms with Crippen LogP contribution in [0.2, 0.25) is 0 Å². The van der Waals surface area contributed by atoms with E-state index in [1.54, 1.807) is 0 Å². The molecule has 29 heavy (non-hydrogen) atoms. The van der Waals surface area contributed by atoms with Crippen LogP contribution in [0.4, 0.5) is 0 Å². The van der Waals surface area contributed by atoms with Gasteiger partial charge in [-0.1, -0.05) is 18.2 Å². The Labute approximate surface area is 171 Å². The number of amides is 1. The quantitative estimate of drug-likeness (QED) is 0.780. The van der Waals surface area contributed by atoms with Crippen LogP contribution in [0.3, 0.4) is 0 Å². The summed E-state index contributed by atoms with van der Waals surface area (Å²) in [6.45, 7) is 5.45. The molecule has 1 amide bonds. The normalized spacial score (nSPS) is 17.9. The Hall–Kier alpha value is -2.73. The van der Waals surface area contributed by atoms with Gasteiger partial charge in [0.1, 0.15) is 5.75 Å². The van der Waals surface area contributed by atoms with Crippen molar-refractivity contribution in [2.24, 2.45) is 0 Å². The van der Waals surface area contributed by atoms with Crippen LogP contribution in [-0.2, 0) is 24.2 Å². The van der Waals surface area contributed by atoms with Crippen LogP contribution in [0.25, 0.3) is 0 Å².